The van der Waals surface area contributed by atoms with Crippen LogP contribution in [0.25, 0.3) is 5.76 Å². The van der Waals surface area contributed by atoms with Crippen molar-refractivity contribution in [3.05, 3.63) is 70.8 Å². The lowest BCUT2D eigenvalue weighted by molar-refractivity contribution is -0.110. The summed E-state index contributed by atoms with van der Waals surface area (Å²) in [4.78, 5) is 30.1. The van der Waals surface area contributed by atoms with E-state index in [0.717, 1.165) is 17.5 Å². The SMILES string of the molecule is CNCCOC(=O)c1ccc(N=C2C(=O)C3=C(OC(C)(C)CC3)c3ccccc32)cc1. The van der Waals surface area contributed by atoms with Crippen LogP contribution in [0.5, 0.6) is 0 Å². The highest BCUT2D eigenvalue weighted by atomic mass is 16.5. The van der Waals surface area contributed by atoms with E-state index in [1.54, 1.807) is 31.3 Å². The summed E-state index contributed by atoms with van der Waals surface area (Å²) in [6, 6.07) is 14.5. The normalized spacial score (nSPS) is 18.3. The zero-order chi connectivity index (χ0) is 22.0. The van der Waals surface area contributed by atoms with E-state index >= 15 is 0 Å². The molecule has 2 aliphatic rings. The first-order chi connectivity index (χ1) is 14.9. The highest BCUT2D eigenvalue weighted by molar-refractivity contribution is 6.54. The third kappa shape index (κ3) is 4.30. The molecule has 6 heteroatoms. The Hall–Kier alpha value is -3.25. The minimum atomic E-state index is -0.384. The fourth-order valence-electron chi connectivity index (χ4n) is 3.76. The standard InChI is InChI=1S/C25H26N2O4/c1-25(2)13-12-20-22(28)21(18-6-4-5-7-19(18)23(20)31-25)27-17-10-8-16(9-11-17)24(29)30-15-14-26-3/h4-11,26H,12-15H2,1-3H3. The van der Waals surface area contributed by atoms with Crippen molar-refractivity contribution in [1.82, 2.24) is 5.32 Å². The highest BCUT2D eigenvalue weighted by Crippen LogP contribution is 2.41. The van der Waals surface area contributed by atoms with E-state index in [1.807, 2.05) is 38.1 Å². The molecule has 1 N–H and O–H groups in total. The van der Waals surface area contributed by atoms with E-state index in [0.29, 0.717) is 47.9 Å². The number of ether oxygens (including phenoxy) is 2. The molecule has 0 saturated carbocycles. The fourth-order valence-corrected chi connectivity index (χ4v) is 3.76. The molecule has 0 radical (unpaired) electrons. The van der Waals surface area contributed by atoms with Gasteiger partial charge in [-0.2, -0.15) is 0 Å². The molecule has 0 fully saturated rings. The summed E-state index contributed by atoms with van der Waals surface area (Å²) in [7, 11) is 1.80. The Labute approximate surface area is 182 Å². The summed E-state index contributed by atoms with van der Waals surface area (Å²) < 4.78 is 11.4. The van der Waals surface area contributed by atoms with Gasteiger partial charge in [0.25, 0.3) is 0 Å². The Morgan fingerprint density at radius 1 is 1.13 bits per heavy atom. The Kier molecular flexibility index (Phi) is 5.74. The predicted octanol–water partition coefficient (Wildman–Crippen LogP) is 4.07. The number of hydrogen-bond donors (Lipinski definition) is 1. The molecule has 0 saturated heterocycles. The van der Waals surface area contributed by atoms with Gasteiger partial charge in [-0.05, 0) is 58.0 Å². The predicted molar refractivity (Wildman–Crippen MR) is 120 cm³/mol. The molecule has 0 aromatic heterocycles. The van der Waals surface area contributed by atoms with Crippen LogP contribution in [-0.4, -0.2) is 43.3 Å². The van der Waals surface area contributed by atoms with Crippen LogP contribution in [0.3, 0.4) is 0 Å². The summed E-state index contributed by atoms with van der Waals surface area (Å²) in [5.74, 6) is 0.195. The molecule has 1 aliphatic carbocycles. The van der Waals surface area contributed by atoms with E-state index in [1.165, 1.54) is 0 Å². The molecule has 6 nitrogen and oxygen atoms in total. The summed E-state index contributed by atoms with van der Waals surface area (Å²) in [5, 5.41) is 2.93. The Balaban J connectivity index is 1.65. The molecule has 0 unspecified atom stereocenters. The lowest BCUT2D eigenvalue weighted by Crippen LogP contribution is -2.34. The molecule has 4 rings (SSSR count). The van der Waals surface area contributed by atoms with Gasteiger partial charge in [-0.15, -0.1) is 0 Å². The van der Waals surface area contributed by atoms with Crippen LogP contribution in [0.4, 0.5) is 5.69 Å². The van der Waals surface area contributed by atoms with Gasteiger partial charge in [-0.1, -0.05) is 24.3 Å². The number of carbonyl (C=O) groups excluding carboxylic acids is 2. The molecule has 1 aliphatic heterocycles. The lowest BCUT2D eigenvalue weighted by Gasteiger charge is -2.36. The number of aliphatic imine (C=N–C) groups is 1. The molecule has 2 aromatic carbocycles. The maximum absolute atomic E-state index is 13.3. The minimum Gasteiger partial charge on any atom is -0.487 e. The summed E-state index contributed by atoms with van der Waals surface area (Å²) in [6.07, 6.45) is 1.43. The van der Waals surface area contributed by atoms with E-state index < -0.39 is 0 Å². The first-order valence-electron chi connectivity index (χ1n) is 10.5. The number of rotatable bonds is 5. The van der Waals surface area contributed by atoms with Gasteiger partial charge < -0.3 is 14.8 Å². The van der Waals surface area contributed by atoms with Crippen molar-refractivity contribution in [2.24, 2.45) is 4.99 Å². The van der Waals surface area contributed by atoms with Gasteiger partial charge in [0.1, 0.15) is 23.7 Å². The van der Waals surface area contributed by atoms with Gasteiger partial charge in [0.15, 0.2) is 0 Å². The Bertz CT molecular complexity index is 1080. The second kappa shape index (κ2) is 8.47. The molecule has 0 atom stereocenters. The van der Waals surface area contributed by atoms with Crippen LogP contribution in [0.2, 0.25) is 0 Å². The summed E-state index contributed by atoms with van der Waals surface area (Å²) in [6.45, 7) is 4.98. The number of allylic oxidation sites excluding steroid dienone is 1. The van der Waals surface area contributed by atoms with E-state index in [4.69, 9.17) is 9.47 Å². The molecule has 31 heavy (non-hydrogen) atoms. The van der Waals surface area contributed by atoms with Crippen molar-refractivity contribution < 1.29 is 19.1 Å². The maximum Gasteiger partial charge on any atom is 0.338 e. The maximum atomic E-state index is 13.3. The minimum absolute atomic E-state index is 0.0975. The number of nitrogens with one attached hydrogen (secondary N) is 1. The topological polar surface area (TPSA) is 77.0 Å². The number of fused-ring (bicyclic) bond motifs is 2. The van der Waals surface area contributed by atoms with Crippen LogP contribution in [0.1, 0.15) is 48.2 Å². The van der Waals surface area contributed by atoms with Crippen molar-refractivity contribution in [3.8, 4) is 0 Å². The zero-order valence-corrected chi connectivity index (χ0v) is 18.0. The van der Waals surface area contributed by atoms with Crippen LogP contribution in [-0.2, 0) is 14.3 Å². The number of likely N-dealkylation sites (N-methyl/N-ethyl adjacent to an activating group) is 1. The highest BCUT2D eigenvalue weighted by Gasteiger charge is 2.38. The Morgan fingerprint density at radius 2 is 1.84 bits per heavy atom. The summed E-state index contributed by atoms with van der Waals surface area (Å²) >= 11 is 0. The molecule has 0 amide bonds. The van der Waals surface area contributed by atoms with E-state index in [-0.39, 0.29) is 17.4 Å². The number of nitrogens with zero attached hydrogens (tertiary/aromatic N) is 1. The number of Topliss-reactive ketones (excluding diaryl/α,β-unsaturated/α-hetero) is 1. The fraction of sp³-hybridized carbons (Fsp3) is 0.320. The molecule has 0 spiro atoms. The Morgan fingerprint density at radius 3 is 2.55 bits per heavy atom. The molecule has 1 heterocycles. The number of hydrogen-bond acceptors (Lipinski definition) is 6. The van der Waals surface area contributed by atoms with Crippen LogP contribution in [0, 0.1) is 0 Å². The third-order valence-electron chi connectivity index (χ3n) is 5.47. The van der Waals surface area contributed by atoms with Gasteiger partial charge in [0.2, 0.25) is 5.78 Å². The van der Waals surface area contributed by atoms with Crippen molar-refractivity contribution in [1.29, 1.82) is 0 Å². The van der Waals surface area contributed by atoms with Crippen molar-refractivity contribution in [2.45, 2.75) is 32.3 Å². The monoisotopic (exact) mass is 418 g/mol. The number of carbonyl (C=O) groups is 2. The zero-order valence-electron chi connectivity index (χ0n) is 18.0. The lowest BCUT2D eigenvalue weighted by atomic mass is 9.82. The molecule has 0 bridgehead atoms. The largest absolute Gasteiger partial charge is 0.487 e. The number of benzene rings is 2. The van der Waals surface area contributed by atoms with Gasteiger partial charge in [-0.3, -0.25) is 4.79 Å². The molecular formula is C25H26N2O4. The average Bonchev–Trinajstić information content (AvgIpc) is 2.76. The van der Waals surface area contributed by atoms with Gasteiger partial charge in [-0.25, -0.2) is 9.79 Å². The number of esters is 1. The molecule has 160 valence electrons. The van der Waals surface area contributed by atoms with Crippen molar-refractivity contribution in [2.75, 3.05) is 20.2 Å². The average molecular weight is 418 g/mol. The number of ketones is 1. The van der Waals surface area contributed by atoms with E-state index in [2.05, 4.69) is 10.3 Å². The van der Waals surface area contributed by atoms with Gasteiger partial charge in [0.05, 0.1) is 11.3 Å². The first kappa shape index (κ1) is 21.0. The smallest absolute Gasteiger partial charge is 0.338 e. The second-order valence-electron chi connectivity index (χ2n) is 8.29. The third-order valence-corrected chi connectivity index (χ3v) is 5.47. The van der Waals surface area contributed by atoms with Crippen LogP contribution < -0.4 is 5.32 Å². The molecular weight excluding hydrogens is 392 g/mol. The second-order valence-corrected chi connectivity index (χ2v) is 8.29. The van der Waals surface area contributed by atoms with Crippen molar-refractivity contribution in [3.63, 3.8) is 0 Å². The summed E-state index contributed by atoms with van der Waals surface area (Å²) in [5.41, 5.74) is 3.49. The van der Waals surface area contributed by atoms with E-state index in [9.17, 15) is 9.59 Å². The first-order valence-corrected chi connectivity index (χ1v) is 10.5. The quantitative estimate of drug-likeness (QED) is 0.585. The van der Waals surface area contributed by atoms with Crippen molar-refractivity contribution >= 4 is 28.9 Å². The van der Waals surface area contributed by atoms with Gasteiger partial charge >= 0.3 is 5.97 Å². The molecule has 2 aromatic rings. The van der Waals surface area contributed by atoms with Crippen LogP contribution >= 0.6 is 0 Å². The van der Waals surface area contributed by atoms with Crippen LogP contribution in [0.15, 0.2) is 59.1 Å². The van der Waals surface area contributed by atoms with Gasteiger partial charge in [0, 0.05) is 23.2 Å².